The van der Waals surface area contributed by atoms with Gasteiger partial charge in [0.15, 0.2) is 10.8 Å². The number of aromatic nitrogens is 1. The number of nitrogens with zero attached hydrogens (tertiary/aromatic N) is 1. The van der Waals surface area contributed by atoms with Gasteiger partial charge in [0.05, 0.1) is 0 Å². The van der Waals surface area contributed by atoms with Crippen molar-refractivity contribution in [3.05, 3.63) is 11.1 Å². The molecule has 2 N–H and O–H groups in total. The molecule has 0 radical (unpaired) electrons. The van der Waals surface area contributed by atoms with Crippen LogP contribution in [0.5, 0.6) is 0 Å². The van der Waals surface area contributed by atoms with Gasteiger partial charge in [-0.2, -0.15) is 0 Å². The maximum absolute atomic E-state index is 10.5. The Morgan fingerprint density at radius 3 is 2.71 bits per heavy atom. The lowest BCUT2D eigenvalue weighted by Crippen LogP contribution is -2.18. The number of rotatable bonds is 3. The van der Waals surface area contributed by atoms with E-state index in [1.54, 1.807) is 0 Å². The van der Waals surface area contributed by atoms with Gasteiger partial charge >= 0.3 is 5.97 Å². The first-order chi connectivity index (χ1) is 6.38. The lowest BCUT2D eigenvalue weighted by Gasteiger charge is -2.17. The average Bonchev–Trinajstić information content (AvgIpc) is 2.47. The van der Waals surface area contributed by atoms with E-state index in [4.69, 9.17) is 5.11 Å². The van der Waals surface area contributed by atoms with Gasteiger partial charge in [-0.1, -0.05) is 20.8 Å². The minimum Gasteiger partial charge on any atom is -0.476 e. The molecule has 0 aliphatic heterocycles. The first kappa shape index (κ1) is 11.0. The molecule has 1 aromatic rings. The average molecular weight is 214 g/mol. The number of carbonyl (C=O) groups is 1. The Morgan fingerprint density at radius 2 is 2.29 bits per heavy atom. The van der Waals surface area contributed by atoms with Gasteiger partial charge in [-0.15, -0.1) is 11.3 Å². The monoisotopic (exact) mass is 214 g/mol. The zero-order valence-corrected chi connectivity index (χ0v) is 9.31. The van der Waals surface area contributed by atoms with Crippen molar-refractivity contribution in [2.24, 2.45) is 5.41 Å². The van der Waals surface area contributed by atoms with Crippen LogP contribution >= 0.6 is 11.3 Å². The molecule has 14 heavy (non-hydrogen) atoms. The number of nitrogens with one attached hydrogen (secondary N) is 1. The fourth-order valence-electron chi connectivity index (χ4n) is 0.794. The highest BCUT2D eigenvalue weighted by atomic mass is 32.1. The third-order valence-corrected chi connectivity index (χ3v) is 2.29. The lowest BCUT2D eigenvalue weighted by atomic mass is 9.97. The zero-order valence-electron chi connectivity index (χ0n) is 8.50. The van der Waals surface area contributed by atoms with Crippen LogP contribution in [0.2, 0.25) is 0 Å². The van der Waals surface area contributed by atoms with Crippen molar-refractivity contribution in [2.45, 2.75) is 20.8 Å². The van der Waals surface area contributed by atoms with Crippen molar-refractivity contribution in [1.82, 2.24) is 4.98 Å². The molecule has 1 aromatic heterocycles. The molecule has 5 heteroatoms. The maximum Gasteiger partial charge on any atom is 0.355 e. The highest BCUT2D eigenvalue weighted by molar-refractivity contribution is 7.13. The van der Waals surface area contributed by atoms with Crippen LogP contribution in [0.15, 0.2) is 5.38 Å². The van der Waals surface area contributed by atoms with E-state index in [2.05, 4.69) is 31.1 Å². The summed E-state index contributed by atoms with van der Waals surface area (Å²) < 4.78 is 0. The summed E-state index contributed by atoms with van der Waals surface area (Å²) in [6.07, 6.45) is 0. The van der Waals surface area contributed by atoms with Gasteiger partial charge in [0.25, 0.3) is 0 Å². The summed E-state index contributed by atoms with van der Waals surface area (Å²) in [5.41, 5.74) is 0.265. The number of hydrogen-bond acceptors (Lipinski definition) is 4. The molecule has 0 aliphatic rings. The zero-order chi connectivity index (χ0) is 10.8. The first-order valence-electron chi connectivity index (χ1n) is 4.31. The smallest absolute Gasteiger partial charge is 0.355 e. The fourth-order valence-corrected chi connectivity index (χ4v) is 1.48. The Labute approximate surface area is 87.0 Å². The van der Waals surface area contributed by atoms with E-state index in [-0.39, 0.29) is 11.1 Å². The van der Waals surface area contributed by atoms with Crippen LogP contribution in [-0.2, 0) is 0 Å². The van der Waals surface area contributed by atoms with Crippen molar-refractivity contribution in [3.8, 4) is 0 Å². The minimum absolute atomic E-state index is 0.103. The van der Waals surface area contributed by atoms with Crippen LogP contribution in [-0.4, -0.2) is 22.6 Å². The molecule has 0 amide bonds. The van der Waals surface area contributed by atoms with Crippen LogP contribution in [0.4, 0.5) is 5.13 Å². The predicted molar refractivity (Wildman–Crippen MR) is 57.0 cm³/mol. The second-order valence-corrected chi connectivity index (χ2v) is 5.12. The topological polar surface area (TPSA) is 62.2 Å². The highest BCUT2D eigenvalue weighted by Gasteiger charge is 2.12. The fraction of sp³-hybridized carbons (Fsp3) is 0.556. The summed E-state index contributed by atoms with van der Waals surface area (Å²) in [5.74, 6) is -0.981. The molecular weight excluding hydrogens is 200 g/mol. The number of aromatic carboxylic acids is 1. The molecule has 78 valence electrons. The molecule has 0 saturated heterocycles. The highest BCUT2D eigenvalue weighted by Crippen LogP contribution is 2.19. The molecule has 0 spiro atoms. The largest absolute Gasteiger partial charge is 0.476 e. The molecule has 1 heterocycles. The second kappa shape index (κ2) is 3.96. The van der Waals surface area contributed by atoms with E-state index in [1.165, 1.54) is 16.7 Å². The molecule has 0 atom stereocenters. The Bertz CT molecular complexity index is 328. The van der Waals surface area contributed by atoms with Gasteiger partial charge in [-0.3, -0.25) is 0 Å². The number of carboxylic acid groups (broad SMARTS) is 1. The quantitative estimate of drug-likeness (QED) is 0.810. The standard InChI is InChI=1S/C9H14N2O2S/c1-9(2,3)5-10-8-11-6(4-14-8)7(12)13/h4H,5H2,1-3H3,(H,10,11)(H,12,13). The van der Waals surface area contributed by atoms with Crippen LogP contribution in [0.25, 0.3) is 0 Å². The van der Waals surface area contributed by atoms with E-state index in [0.29, 0.717) is 5.13 Å². The van der Waals surface area contributed by atoms with E-state index < -0.39 is 5.97 Å². The lowest BCUT2D eigenvalue weighted by molar-refractivity contribution is 0.0691. The van der Waals surface area contributed by atoms with Gasteiger partial charge in [0.1, 0.15) is 0 Å². The third kappa shape index (κ3) is 3.33. The summed E-state index contributed by atoms with van der Waals surface area (Å²) in [5, 5.41) is 13.9. The first-order valence-corrected chi connectivity index (χ1v) is 5.19. The van der Waals surface area contributed by atoms with Crippen LogP contribution in [0, 0.1) is 5.41 Å². The number of anilines is 1. The van der Waals surface area contributed by atoms with Crippen molar-refractivity contribution < 1.29 is 9.90 Å². The Hall–Kier alpha value is -1.10. The van der Waals surface area contributed by atoms with Gasteiger partial charge in [-0.25, -0.2) is 9.78 Å². The summed E-state index contributed by atoms with van der Waals surface area (Å²) in [4.78, 5) is 14.5. The molecule has 4 nitrogen and oxygen atoms in total. The van der Waals surface area contributed by atoms with E-state index in [1.807, 2.05) is 0 Å². The molecular formula is C9H14N2O2S. The van der Waals surface area contributed by atoms with Gasteiger partial charge in [0, 0.05) is 11.9 Å². The van der Waals surface area contributed by atoms with Crippen molar-refractivity contribution >= 4 is 22.4 Å². The SMILES string of the molecule is CC(C)(C)CNc1nc(C(=O)O)cs1. The Morgan fingerprint density at radius 1 is 1.64 bits per heavy atom. The summed E-state index contributed by atoms with van der Waals surface area (Å²) >= 11 is 1.32. The summed E-state index contributed by atoms with van der Waals surface area (Å²) in [6, 6.07) is 0. The maximum atomic E-state index is 10.5. The molecule has 0 unspecified atom stereocenters. The van der Waals surface area contributed by atoms with Crippen LogP contribution < -0.4 is 5.32 Å². The summed E-state index contributed by atoms with van der Waals surface area (Å²) in [7, 11) is 0. The summed E-state index contributed by atoms with van der Waals surface area (Å²) in [6.45, 7) is 7.09. The van der Waals surface area contributed by atoms with E-state index in [0.717, 1.165) is 6.54 Å². The third-order valence-electron chi connectivity index (χ3n) is 1.49. The number of thiazole rings is 1. The molecule has 1 rings (SSSR count). The van der Waals surface area contributed by atoms with E-state index >= 15 is 0 Å². The van der Waals surface area contributed by atoms with Crippen molar-refractivity contribution in [3.63, 3.8) is 0 Å². The Kier molecular flexibility index (Phi) is 3.10. The molecule has 0 aliphatic carbocycles. The van der Waals surface area contributed by atoms with Crippen LogP contribution in [0.1, 0.15) is 31.3 Å². The van der Waals surface area contributed by atoms with Gasteiger partial charge in [-0.05, 0) is 5.41 Å². The van der Waals surface area contributed by atoms with Gasteiger partial charge < -0.3 is 10.4 Å². The van der Waals surface area contributed by atoms with Crippen molar-refractivity contribution in [1.29, 1.82) is 0 Å². The van der Waals surface area contributed by atoms with Gasteiger partial charge in [0.2, 0.25) is 0 Å². The Balaban J connectivity index is 2.56. The number of carboxylic acids is 1. The predicted octanol–water partition coefficient (Wildman–Crippen LogP) is 2.30. The molecule has 0 saturated carbocycles. The van der Waals surface area contributed by atoms with Crippen LogP contribution in [0.3, 0.4) is 0 Å². The minimum atomic E-state index is -0.981. The normalized spacial score (nSPS) is 11.4. The number of hydrogen-bond donors (Lipinski definition) is 2. The molecule has 0 fully saturated rings. The van der Waals surface area contributed by atoms with Crippen molar-refractivity contribution in [2.75, 3.05) is 11.9 Å². The molecule has 0 aromatic carbocycles. The molecule has 0 bridgehead atoms. The van der Waals surface area contributed by atoms with E-state index in [9.17, 15) is 4.79 Å². The second-order valence-electron chi connectivity index (χ2n) is 4.26.